The van der Waals surface area contributed by atoms with Crippen molar-refractivity contribution in [1.29, 1.82) is 5.26 Å². The number of aromatic nitrogens is 3. The number of hydrogen-bond donors (Lipinski definition) is 2. The topological polar surface area (TPSA) is 119 Å². The van der Waals surface area contributed by atoms with Gasteiger partial charge in [0.1, 0.15) is 12.4 Å². The van der Waals surface area contributed by atoms with E-state index < -0.39 is 0 Å². The van der Waals surface area contributed by atoms with Gasteiger partial charge in [0.2, 0.25) is 11.1 Å². The third-order valence-corrected chi connectivity index (χ3v) is 4.97. The van der Waals surface area contributed by atoms with Crippen molar-refractivity contribution in [2.45, 2.75) is 25.6 Å². The fourth-order valence-electron chi connectivity index (χ4n) is 2.60. The van der Waals surface area contributed by atoms with Gasteiger partial charge in [0.05, 0.1) is 17.4 Å². The molecule has 1 aromatic heterocycles. The van der Waals surface area contributed by atoms with Crippen molar-refractivity contribution in [3.63, 3.8) is 0 Å². The number of nitrogens with one attached hydrogen (secondary N) is 1. The summed E-state index contributed by atoms with van der Waals surface area (Å²) in [6.45, 7) is 4.16. The molecule has 3 N–H and O–H groups in total. The lowest BCUT2D eigenvalue weighted by atomic mass is 10.1. The molecular formula is C20H20N6O2S. The number of nitrogen functional groups attached to an aromatic ring is 1. The fraction of sp³-hybridized carbons (Fsp3) is 0.200. The molecule has 0 fully saturated rings. The summed E-state index contributed by atoms with van der Waals surface area (Å²) >= 11 is 1.16. The SMILES string of the molecule is Cc1ccc(OCc2nnc(SCC(=O)Nc3cccc(C#N)c3)n2N)c(C)c1. The summed E-state index contributed by atoms with van der Waals surface area (Å²) in [4.78, 5) is 12.1. The summed E-state index contributed by atoms with van der Waals surface area (Å²) in [5.74, 6) is 7.11. The Kier molecular flexibility index (Phi) is 6.36. The van der Waals surface area contributed by atoms with E-state index in [9.17, 15) is 4.79 Å². The van der Waals surface area contributed by atoms with E-state index in [0.717, 1.165) is 28.6 Å². The largest absolute Gasteiger partial charge is 0.485 e. The zero-order chi connectivity index (χ0) is 20.8. The third kappa shape index (κ3) is 5.27. The number of carbonyl (C=O) groups is 1. The number of amides is 1. The van der Waals surface area contributed by atoms with Crippen molar-refractivity contribution in [3.05, 3.63) is 65.0 Å². The van der Waals surface area contributed by atoms with Crippen molar-refractivity contribution in [3.8, 4) is 11.8 Å². The van der Waals surface area contributed by atoms with Gasteiger partial charge in [0, 0.05) is 5.69 Å². The van der Waals surface area contributed by atoms with Gasteiger partial charge in [-0.1, -0.05) is 35.5 Å². The number of ether oxygens (including phenoxy) is 1. The predicted molar refractivity (Wildman–Crippen MR) is 111 cm³/mol. The maximum absolute atomic E-state index is 12.1. The van der Waals surface area contributed by atoms with Crippen LogP contribution in [0.2, 0.25) is 0 Å². The molecule has 8 nitrogen and oxygen atoms in total. The summed E-state index contributed by atoms with van der Waals surface area (Å²) in [6, 6.07) is 14.7. The van der Waals surface area contributed by atoms with Crippen molar-refractivity contribution < 1.29 is 9.53 Å². The minimum atomic E-state index is -0.235. The second-order valence-corrected chi connectivity index (χ2v) is 7.30. The number of anilines is 1. The Bertz CT molecular complexity index is 1070. The summed E-state index contributed by atoms with van der Waals surface area (Å²) < 4.78 is 7.10. The third-order valence-electron chi connectivity index (χ3n) is 4.03. The zero-order valence-corrected chi connectivity index (χ0v) is 16.9. The van der Waals surface area contributed by atoms with Gasteiger partial charge >= 0.3 is 0 Å². The molecule has 0 spiro atoms. The molecule has 3 rings (SSSR count). The van der Waals surface area contributed by atoms with Crippen LogP contribution in [0.5, 0.6) is 5.75 Å². The molecule has 0 aliphatic heterocycles. The van der Waals surface area contributed by atoms with Gasteiger partial charge in [-0.3, -0.25) is 4.79 Å². The molecular weight excluding hydrogens is 388 g/mol. The van der Waals surface area contributed by atoms with Crippen molar-refractivity contribution in [2.24, 2.45) is 0 Å². The first kappa shape index (κ1) is 20.2. The highest BCUT2D eigenvalue weighted by atomic mass is 32.2. The Morgan fingerprint density at radius 3 is 2.86 bits per heavy atom. The van der Waals surface area contributed by atoms with Crippen LogP contribution < -0.4 is 15.9 Å². The van der Waals surface area contributed by atoms with Crippen LogP contribution in [-0.4, -0.2) is 26.5 Å². The predicted octanol–water partition coefficient (Wildman–Crippen LogP) is 2.79. The fourth-order valence-corrected chi connectivity index (χ4v) is 3.28. The smallest absolute Gasteiger partial charge is 0.234 e. The second-order valence-electron chi connectivity index (χ2n) is 6.36. The molecule has 1 amide bonds. The first-order valence-corrected chi connectivity index (χ1v) is 9.77. The molecule has 0 atom stereocenters. The Balaban J connectivity index is 1.55. The first-order chi connectivity index (χ1) is 14.0. The highest BCUT2D eigenvalue weighted by Gasteiger charge is 2.13. The maximum Gasteiger partial charge on any atom is 0.234 e. The van der Waals surface area contributed by atoms with E-state index in [1.807, 2.05) is 38.1 Å². The molecule has 1 heterocycles. The lowest BCUT2D eigenvalue weighted by Crippen LogP contribution is -2.18. The van der Waals surface area contributed by atoms with Crippen LogP contribution in [0.15, 0.2) is 47.6 Å². The summed E-state index contributed by atoms with van der Waals surface area (Å²) in [5, 5.41) is 20.1. The Morgan fingerprint density at radius 1 is 1.28 bits per heavy atom. The van der Waals surface area contributed by atoms with Crippen LogP contribution in [0, 0.1) is 25.2 Å². The van der Waals surface area contributed by atoms with E-state index in [-0.39, 0.29) is 18.3 Å². The van der Waals surface area contributed by atoms with Gasteiger partial charge in [0.15, 0.2) is 5.82 Å². The summed E-state index contributed by atoms with van der Waals surface area (Å²) in [5.41, 5.74) is 3.23. The van der Waals surface area contributed by atoms with Crippen LogP contribution in [0.3, 0.4) is 0 Å². The molecule has 3 aromatic rings. The molecule has 9 heteroatoms. The van der Waals surface area contributed by atoms with Gasteiger partial charge in [-0.15, -0.1) is 10.2 Å². The molecule has 148 valence electrons. The van der Waals surface area contributed by atoms with Crippen molar-refractivity contribution in [1.82, 2.24) is 14.9 Å². The van der Waals surface area contributed by atoms with Crippen LogP contribution in [0.25, 0.3) is 0 Å². The van der Waals surface area contributed by atoms with Gasteiger partial charge < -0.3 is 15.9 Å². The van der Waals surface area contributed by atoms with Crippen LogP contribution >= 0.6 is 11.8 Å². The summed E-state index contributed by atoms with van der Waals surface area (Å²) in [7, 11) is 0. The number of nitrogens with zero attached hydrogens (tertiary/aromatic N) is 4. The zero-order valence-electron chi connectivity index (χ0n) is 16.0. The minimum absolute atomic E-state index is 0.101. The highest BCUT2D eigenvalue weighted by molar-refractivity contribution is 7.99. The van der Waals surface area contributed by atoms with E-state index in [0.29, 0.717) is 22.2 Å². The van der Waals surface area contributed by atoms with E-state index in [2.05, 4.69) is 15.5 Å². The maximum atomic E-state index is 12.1. The number of hydrogen-bond acceptors (Lipinski definition) is 7. The van der Waals surface area contributed by atoms with Crippen LogP contribution in [0.4, 0.5) is 5.69 Å². The Morgan fingerprint density at radius 2 is 2.10 bits per heavy atom. The van der Waals surface area contributed by atoms with Gasteiger partial charge in [-0.25, -0.2) is 4.68 Å². The van der Waals surface area contributed by atoms with Gasteiger partial charge in [-0.05, 0) is 43.7 Å². The normalized spacial score (nSPS) is 10.4. The molecule has 0 radical (unpaired) electrons. The molecule has 0 saturated carbocycles. The van der Waals surface area contributed by atoms with Gasteiger partial charge in [-0.2, -0.15) is 5.26 Å². The van der Waals surface area contributed by atoms with Crippen LogP contribution in [-0.2, 0) is 11.4 Å². The standard InChI is InChI=1S/C20H20N6O2S/c1-13-6-7-17(14(2)8-13)28-11-18-24-25-20(26(18)22)29-12-19(27)23-16-5-3-4-15(9-16)10-21/h3-9H,11-12,22H2,1-2H3,(H,23,27). The van der Waals surface area contributed by atoms with Crippen LogP contribution in [0.1, 0.15) is 22.5 Å². The number of benzene rings is 2. The molecule has 0 saturated heterocycles. The van der Waals surface area contributed by atoms with E-state index >= 15 is 0 Å². The number of aryl methyl sites for hydroxylation is 2. The number of thioether (sulfide) groups is 1. The second kappa shape index (κ2) is 9.12. The average Bonchev–Trinajstić information content (AvgIpc) is 3.05. The molecule has 0 aliphatic rings. The monoisotopic (exact) mass is 408 g/mol. The van der Waals surface area contributed by atoms with E-state index in [4.69, 9.17) is 15.8 Å². The first-order valence-electron chi connectivity index (χ1n) is 8.78. The molecule has 29 heavy (non-hydrogen) atoms. The van der Waals surface area contributed by atoms with Crippen molar-refractivity contribution >= 4 is 23.4 Å². The Labute approximate surface area is 172 Å². The summed E-state index contributed by atoms with van der Waals surface area (Å²) in [6.07, 6.45) is 0. The molecule has 0 unspecified atom stereocenters. The number of rotatable bonds is 7. The quantitative estimate of drug-likeness (QED) is 0.456. The molecule has 2 aromatic carbocycles. The van der Waals surface area contributed by atoms with E-state index in [1.165, 1.54) is 4.68 Å². The number of nitriles is 1. The van der Waals surface area contributed by atoms with Gasteiger partial charge in [0.25, 0.3) is 0 Å². The van der Waals surface area contributed by atoms with Crippen molar-refractivity contribution in [2.75, 3.05) is 16.9 Å². The highest BCUT2D eigenvalue weighted by Crippen LogP contribution is 2.21. The lowest BCUT2D eigenvalue weighted by molar-refractivity contribution is -0.113. The number of carbonyl (C=O) groups excluding carboxylic acids is 1. The molecule has 0 bridgehead atoms. The number of nitrogens with two attached hydrogens (primary N) is 1. The average molecular weight is 408 g/mol. The Hall–Kier alpha value is -3.51. The van der Waals surface area contributed by atoms with E-state index in [1.54, 1.807) is 24.3 Å². The lowest BCUT2D eigenvalue weighted by Gasteiger charge is -2.09. The molecule has 0 aliphatic carbocycles. The minimum Gasteiger partial charge on any atom is -0.485 e.